The average Bonchev–Trinajstić information content (AvgIpc) is 2.78. The van der Waals surface area contributed by atoms with Crippen LogP contribution in [0.1, 0.15) is 29.5 Å². The number of amides is 1. The van der Waals surface area contributed by atoms with Crippen LogP contribution in [-0.4, -0.2) is 59.0 Å². The van der Waals surface area contributed by atoms with Crippen LogP contribution in [0.25, 0.3) is 0 Å². The van der Waals surface area contributed by atoms with Gasteiger partial charge < -0.3 is 14.5 Å². The lowest BCUT2D eigenvalue weighted by atomic mass is 10.1. The zero-order valence-electron chi connectivity index (χ0n) is 17.6. The molecule has 33 heavy (non-hydrogen) atoms. The molecule has 1 aliphatic rings. The third-order valence-corrected chi connectivity index (χ3v) is 5.14. The molecular weight excluding hydrogens is 456 g/mol. The Bertz CT molecular complexity index is 957. The van der Waals surface area contributed by atoms with Gasteiger partial charge in [-0.2, -0.15) is 26.3 Å². The average molecular weight is 477 g/mol. The lowest BCUT2D eigenvalue weighted by molar-refractivity contribution is -0.139. The predicted octanol–water partition coefficient (Wildman–Crippen LogP) is 3.59. The number of nitrogens with zero attached hydrogens (tertiary/aromatic N) is 5. The highest BCUT2D eigenvalue weighted by Gasteiger charge is 2.35. The zero-order valence-corrected chi connectivity index (χ0v) is 17.6. The Morgan fingerprint density at radius 2 is 1.61 bits per heavy atom. The summed E-state index contributed by atoms with van der Waals surface area (Å²) in [5.74, 6) is -0.500. The van der Waals surface area contributed by atoms with Crippen LogP contribution >= 0.6 is 0 Å². The number of hydrogen-bond acceptors (Lipinski definition) is 6. The number of methoxy groups -OCH3 is 1. The highest BCUT2D eigenvalue weighted by Crippen LogP contribution is 2.35. The molecule has 0 aromatic carbocycles. The summed E-state index contributed by atoms with van der Waals surface area (Å²) in [5, 5.41) is 0. The number of hydrogen-bond donors (Lipinski definition) is 0. The van der Waals surface area contributed by atoms with Gasteiger partial charge in [0.25, 0.3) is 0 Å². The summed E-state index contributed by atoms with van der Waals surface area (Å²) < 4.78 is 81.8. The van der Waals surface area contributed by atoms with Gasteiger partial charge in [0.1, 0.15) is 5.56 Å². The van der Waals surface area contributed by atoms with Gasteiger partial charge >= 0.3 is 12.4 Å². The third kappa shape index (κ3) is 6.23. The normalized spacial score (nSPS) is 15.0. The van der Waals surface area contributed by atoms with Crippen LogP contribution < -0.4 is 9.64 Å². The predicted molar refractivity (Wildman–Crippen MR) is 105 cm³/mol. The number of pyridine rings is 1. The van der Waals surface area contributed by atoms with Crippen molar-refractivity contribution < 1.29 is 35.9 Å². The summed E-state index contributed by atoms with van der Waals surface area (Å²) in [4.78, 5) is 26.9. The van der Waals surface area contributed by atoms with Crippen LogP contribution in [0.4, 0.5) is 32.3 Å². The molecule has 0 saturated carbocycles. The Morgan fingerprint density at radius 3 is 2.15 bits per heavy atom. The van der Waals surface area contributed by atoms with E-state index in [0.717, 1.165) is 25.6 Å². The quantitative estimate of drug-likeness (QED) is 0.593. The SMILES string of the molecule is COc1ncc(CCCC(=O)N2CCN(c3ncc(C(F)(F)F)cn3)CC2)cc1C(F)(F)F. The Labute approximate surface area is 185 Å². The lowest BCUT2D eigenvalue weighted by Crippen LogP contribution is -2.49. The van der Waals surface area contributed by atoms with E-state index in [4.69, 9.17) is 0 Å². The molecule has 2 aromatic rings. The molecule has 3 heterocycles. The Hall–Kier alpha value is -3.12. The molecule has 2 aromatic heterocycles. The molecule has 1 saturated heterocycles. The number of aryl methyl sites for hydroxylation is 1. The van der Waals surface area contributed by atoms with Gasteiger partial charge in [0.15, 0.2) is 0 Å². The maximum absolute atomic E-state index is 13.1. The number of carbonyl (C=O) groups excluding carboxylic acids is 1. The molecule has 13 heteroatoms. The highest BCUT2D eigenvalue weighted by atomic mass is 19.4. The van der Waals surface area contributed by atoms with Gasteiger partial charge in [-0.25, -0.2) is 15.0 Å². The van der Waals surface area contributed by atoms with Gasteiger partial charge in [-0.15, -0.1) is 0 Å². The van der Waals surface area contributed by atoms with E-state index in [9.17, 15) is 31.1 Å². The van der Waals surface area contributed by atoms with Crippen molar-refractivity contribution in [3.05, 3.63) is 41.3 Å². The van der Waals surface area contributed by atoms with Crippen molar-refractivity contribution in [2.45, 2.75) is 31.6 Å². The van der Waals surface area contributed by atoms with E-state index in [-0.39, 0.29) is 24.7 Å². The van der Waals surface area contributed by atoms with Gasteiger partial charge in [0.2, 0.25) is 17.7 Å². The fourth-order valence-electron chi connectivity index (χ4n) is 3.39. The molecule has 0 unspecified atom stereocenters. The second-order valence-electron chi connectivity index (χ2n) is 7.39. The lowest BCUT2D eigenvalue weighted by Gasteiger charge is -2.34. The van der Waals surface area contributed by atoms with Crippen molar-refractivity contribution >= 4 is 11.9 Å². The molecule has 0 spiro atoms. The molecule has 0 N–H and O–H groups in total. The van der Waals surface area contributed by atoms with Crippen molar-refractivity contribution in [3.8, 4) is 5.88 Å². The summed E-state index contributed by atoms with van der Waals surface area (Å²) >= 11 is 0. The van der Waals surface area contributed by atoms with Crippen LogP contribution in [0.3, 0.4) is 0 Å². The van der Waals surface area contributed by atoms with Crippen LogP contribution in [0.2, 0.25) is 0 Å². The molecular formula is C20H21F6N5O2. The maximum atomic E-state index is 13.1. The summed E-state index contributed by atoms with van der Waals surface area (Å²) in [6.45, 7) is 1.39. The Morgan fingerprint density at radius 1 is 0.970 bits per heavy atom. The monoisotopic (exact) mass is 477 g/mol. The maximum Gasteiger partial charge on any atom is 0.421 e. The second kappa shape index (κ2) is 9.79. The minimum Gasteiger partial charge on any atom is -0.481 e. The van der Waals surface area contributed by atoms with Crippen LogP contribution in [-0.2, 0) is 23.6 Å². The molecule has 3 rings (SSSR count). The number of rotatable bonds is 6. The summed E-state index contributed by atoms with van der Waals surface area (Å²) in [7, 11) is 1.11. The van der Waals surface area contributed by atoms with Gasteiger partial charge in [0.05, 0.1) is 12.7 Å². The van der Waals surface area contributed by atoms with Crippen molar-refractivity contribution in [2.24, 2.45) is 0 Å². The first-order valence-electron chi connectivity index (χ1n) is 10.0. The largest absolute Gasteiger partial charge is 0.481 e. The summed E-state index contributed by atoms with van der Waals surface area (Å²) in [6.07, 6.45) is -5.65. The van der Waals surface area contributed by atoms with E-state index in [2.05, 4.69) is 19.7 Å². The van der Waals surface area contributed by atoms with Gasteiger partial charge in [-0.1, -0.05) is 0 Å². The molecule has 0 bridgehead atoms. The van der Waals surface area contributed by atoms with E-state index >= 15 is 0 Å². The van der Waals surface area contributed by atoms with E-state index in [1.807, 2.05) is 0 Å². The molecule has 0 aliphatic carbocycles. The number of halogens is 6. The van der Waals surface area contributed by atoms with Crippen LogP contribution in [0.5, 0.6) is 5.88 Å². The van der Waals surface area contributed by atoms with Crippen molar-refractivity contribution in [3.63, 3.8) is 0 Å². The molecule has 0 radical (unpaired) electrons. The molecule has 180 valence electrons. The van der Waals surface area contributed by atoms with Crippen molar-refractivity contribution in [2.75, 3.05) is 38.2 Å². The summed E-state index contributed by atoms with van der Waals surface area (Å²) in [6, 6.07) is 0.971. The van der Waals surface area contributed by atoms with E-state index in [1.165, 1.54) is 6.20 Å². The number of anilines is 1. The number of ether oxygens (including phenoxy) is 1. The number of carbonyl (C=O) groups is 1. The highest BCUT2D eigenvalue weighted by molar-refractivity contribution is 5.76. The first-order valence-corrected chi connectivity index (χ1v) is 10.0. The van der Waals surface area contributed by atoms with Crippen LogP contribution in [0, 0.1) is 0 Å². The fraction of sp³-hybridized carbons (Fsp3) is 0.500. The third-order valence-electron chi connectivity index (χ3n) is 5.14. The molecule has 7 nitrogen and oxygen atoms in total. The Balaban J connectivity index is 1.48. The molecule has 1 fully saturated rings. The second-order valence-corrected chi connectivity index (χ2v) is 7.39. The first kappa shape index (κ1) is 24.5. The van der Waals surface area contributed by atoms with Gasteiger partial charge in [-0.3, -0.25) is 4.79 Å². The standard InChI is InChI=1S/C20H21F6N5O2/c1-33-17-15(20(24,25)26)9-13(10-27-17)3-2-4-16(32)30-5-7-31(8-6-30)18-28-11-14(12-29-18)19(21,22)23/h9-12H,2-8H2,1H3. The number of piperazine rings is 1. The van der Waals surface area contributed by atoms with Gasteiger partial charge in [-0.05, 0) is 24.5 Å². The zero-order chi connectivity index (χ0) is 24.2. The first-order chi connectivity index (χ1) is 15.5. The molecule has 1 amide bonds. The van der Waals surface area contributed by atoms with Crippen LogP contribution in [0.15, 0.2) is 24.7 Å². The number of alkyl halides is 6. The van der Waals surface area contributed by atoms with Crippen molar-refractivity contribution in [1.82, 2.24) is 19.9 Å². The molecule has 0 atom stereocenters. The number of aromatic nitrogens is 3. The van der Waals surface area contributed by atoms with E-state index < -0.39 is 29.4 Å². The van der Waals surface area contributed by atoms with E-state index in [0.29, 0.717) is 38.2 Å². The minimum atomic E-state index is -4.60. The summed E-state index contributed by atoms with van der Waals surface area (Å²) in [5.41, 5.74) is -1.55. The topological polar surface area (TPSA) is 71.5 Å². The van der Waals surface area contributed by atoms with Crippen molar-refractivity contribution in [1.29, 1.82) is 0 Å². The minimum absolute atomic E-state index is 0.143. The molecule has 1 aliphatic heterocycles. The Kier molecular flexibility index (Phi) is 7.28. The fourth-order valence-corrected chi connectivity index (χ4v) is 3.39. The smallest absolute Gasteiger partial charge is 0.421 e. The van der Waals surface area contributed by atoms with Gasteiger partial charge in [0, 0.05) is 51.2 Å². The van der Waals surface area contributed by atoms with E-state index in [1.54, 1.807) is 9.80 Å².